The summed E-state index contributed by atoms with van der Waals surface area (Å²) in [5, 5.41) is 9.34. The van der Waals surface area contributed by atoms with Crippen molar-refractivity contribution >= 4 is 0 Å². The molecule has 0 N–H and O–H groups in total. The van der Waals surface area contributed by atoms with E-state index in [-0.39, 0.29) is 5.41 Å². The van der Waals surface area contributed by atoms with Gasteiger partial charge in [-0.25, -0.2) is 0 Å². The van der Waals surface area contributed by atoms with Crippen molar-refractivity contribution in [3.8, 4) is 6.07 Å². The molecule has 2 aliphatic rings. The Morgan fingerprint density at radius 2 is 2.07 bits per heavy atom. The molecule has 0 aromatic carbocycles. The van der Waals surface area contributed by atoms with Crippen LogP contribution in [0.3, 0.4) is 0 Å². The van der Waals surface area contributed by atoms with Crippen LogP contribution in [0.2, 0.25) is 0 Å². The molecule has 0 aromatic rings. The van der Waals surface area contributed by atoms with Crippen LogP contribution in [0, 0.1) is 22.7 Å². The fraction of sp³-hybridized carbons (Fsp3) is 0.923. The molecule has 2 nitrogen and oxygen atoms in total. The van der Waals surface area contributed by atoms with Crippen molar-refractivity contribution in [1.29, 1.82) is 5.26 Å². The number of likely N-dealkylation sites (tertiary alicyclic amines) is 1. The highest BCUT2D eigenvalue weighted by molar-refractivity contribution is 5.04. The van der Waals surface area contributed by atoms with Crippen LogP contribution in [0.4, 0.5) is 0 Å². The van der Waals surface area contributed by atoms with Crippen LogP contribution in [-0.4, -0.2) is 24.5 Å². The highest BCUT2D eigenvalue weighted by atomic mass is 15.1. The molecule has 1 unspecified atom stereocenters. The molecule has 2 rings (SSSR count). The molecule has 15 heavy (non-hydrogen) atoms. The van der Waals surface area contributed by atoms with Gasteiger partial charge in [-0.2, -0.15) is 5.26 Å². The first kappa shape index (κ1) is 11.0. The van der Waals surface area contributed by atoms with Gasteiger partial charge in [-0.15, -0.1) is 0 Å². The van der Waals surface area contributed by atoms with Crippen LogP contribution >= 0.6 is 0 Å². The van der Waals surface area contributed by atoms with Gasteiger partial charge in [0.05, 0.1) is 11.5 Å². The zero-order valence-corrected chi connectivity index (χ0v) is 9.84. The number of rotatable bonds is 2. The molecular formula is C13H22N2. The molecule has 1 aliphatic heterocycles. The Balaban J connectivity index is 1.92. The largest absolute Gasteiger partial charge is 0.301 e. The highest BCUT2D eigenvalue weighted by Gasteiger charge is 2.36. The SMILES string of the molecule is CC1CCCN(CC2(C#N)CCCC2)C1. The smallest absolute Gasteiger partial charge is 0.0703 e. The maximum atomic E-state index is 9.34. The van der Waals surface area contributed by atoms with Crippen LogP contribution in [-0.2, 0) is 0 Å². The van der Waals surface area contributed by atoms with Crippen LogP contribution in [0.1, 0.15) is 45.4 Å². The number of piperidine rings is 1. The Morgan fingerprint density at radius 3 is 2.67 bits per heavy atom. The molecule has 2 heteroatoms. The van der Waals surface area contributed by atoms with E-state index in [0.717, 1.165) is 25.3 Å². The van der Waals surface area contributed by atoms with Crippen LogP contribution in [0.25, 0.3) is 0 Å². The molecule has 84 valence electrons. The summed E-state index contributed by atoms with van der Waals surface area (Å²) in [6.07, 6.45) is 7.48. The molecule has 0 radical (unpaired) electrons. The van der Waals surface area contributed by atoms with E-state index in [1.165, 1.54) is 38.8 Å². The van der Waals surface area contributed by atoms with Crippen LogP contribution in [0.15, 0.2) is 0 Å². The Bertz CT molecular complexity index is 248. The van der Waals surface area contributed by atoms with Crippen LogP contribution in [0.5, 0.6) is 0 Å². The lowest BCUT2D eigenvalue weighted by atomic mass is 9.86. The fourth-order valence-corrected chi connectivity index (χ4v) is 3.22. The number of hydrogen-bond acceptors (Lipinski definition) is 2. The van der Waals surface area contributed by atoms with Gasteiger partial charge in [-0.3, -0.25) is 0 Å². The van der Waals surface area contributed by atoms with E-state index < -0.39 is 0 Å². The number of hydrogen-bond donors (Lipinski definition) is 0. The van der Waals surface area contributed by atoms with E-state index in [2.05, 4.69) is 17.9 Å². The molecule has 0 amide bonds. The quantitative estimate of drug-likeness (QED) is 0.694. The topological polar surface area (TPSA) is 27.0 Å². The van der Waals surface area contributed by atoms with E-state index >= 15 is 0 Å². The maximum absolute atomic E-state index is 9.34. The van der Waals surface area contributed by atoms with Gasteiger partial charge in [0.15, 0.2) is 0 Å². The van der Waals surface area contributed by atoms with E-state index in [9.17, 15) is 5.26 Å². The van der Waals surface area contributed by atoms with Gasteiger partial charge in [0.1, 0.15) is 0 Å². The Morgan fingerprint density at radius 1 is 1.33 bits per heavy atom. The summed E-state index contributed by atoms with van der Waals surface area (Å²) in [4.78, 5) is 2.53. The Hall–Kier alpha value is -0.550. The molecule has 2 fully saturated rings. The van der Waals surface area contributed by atoms with Gasteiger partial charge in [-0.1, -0.05) is 19.8 Å². The fourth-order valence-electron chi connectivity index (χ4n) is 3.22. The molecule has 1 heterocycles. The standard InChI is InChI=1S/C13H22N2/c1-12-5-4-8-15(9-12)11-13(10-14)6-2-3-7-13/h12H,2-9,11H2,1H3. The van der Waals surface area contributed by atoms with Gasteiger partial charge in [0.2, 0.25) is 0 Å². The minimum Gasteiger partial charge on any atom is -0.301 e. The zero-order valence-electron chi connectivity index (χ0n) is 9.84. The molecule has 1 saturated heterocycles. The zero-order chi connectivity index (χ0) is 10.7. The van der Waals surface area contributed by atoms with Gasteiger partial charge in [0, 0.05) is 13.1 Å². The van der Waals surface area contributed by atoms with Crippen molar-refractivity contribution in [2.24, 2.45) is 11.3 Å². The minimum absolute atomic E-state index is 0.0110. The molecule has 0 aromatic heterocycles. The summed E-state index contributed by atoms with van der Waals surface area (Å²) in [5.41, 5.74) is 0.0110. The van der Waals surface area contributed by atoms with Crippen molar-refractivity contribution in [3.63, 3.8) is 0 Å². The van der Waals surface area contributed by atoms with Crippen molar-refractivity contribution < 1.29 is 0 Å². The van der Waals surface area contributed by atoms with Crippen molar-refractivity contribution in [2.45, 2.75) is 45.4 Å². The van der Waals surface area contributed by atoms with E-state index in [4.69, 9.17) is 0 Å². The summed E-state index contributed by atoms with van der Waals surface area (Å²) < 4.78 is 0. The lowest BCUT2D eigenvalue weighted by Gasteiger charge is -2.35. The normalized spacial score (nSPS) is 31.3. The Labute approximate surface area is 93.3 Å². The lowest BCUT2D eigenvalue weighted by molar-refractivity contribution is 0.136. The molecule has 0 bridgehead atoms. The van der Waals surface area contributed by atoms with Crippen molar-refractivity contribution in [2.75, 3.05) is 19.6 Å². The maximum Gasteiger partial charge on any atom is 0.0703 e. The monoisotopic (exact) mass is 206 g/mol. The summed E-state index contributed by atoms with van der Waals surface area (Å²) in [7, 11) is 0. The van der Waals surface area contributed by atoms with E-state index in [1.54, 1.807) is 0 Å². The second kappa shape index (κ2) is 4.53. The van der Waals surface area contributed by atoms with Gasteiger partial charge < -0.3 is 4.90 Å². The molecular weight excluding hydrogens is 184 g/mol. The van der Waals surface area contributed by atoms with Crippen molar-refractivity contribution in [3.05, 3.63) is 0 Å². The third-order valence-electron chi connectivity index (χ3n) is 4.07. The predicted molar refractivity (Wildman–Crippen MR) is 61.4 cm³/mol. The summed E-state index contributed by atoms with van der Waals surface area (Å²) in [6.45, 7) is 5.80. The van der Waals surface area contributed by atoms with E-state index in [0.29, 0.717) is 0 Å². The van der Waals surface area contributed by atoms with Gasteiger partial charge in [0.25, 0.3) is 0 Å². The molecule has 1 saturated carbocycles. The second-order valence-corrected chi connectivity index (χ2v) is 5.58. The third kappa shape index (κ3) is 2.52. The molecule has 0 spiro atoms. The summed E-state index contributed by atoms with van der Waals surface area (Å²) >= 11 is 0. The van der Waals surface area contributed by atoms with Gasteiger partial charge in [-0.05, 0) is 38.1 Å². The molecule has 1 atom stereocenters. The number of nitrogens with zero attached hydrogens (tertiary/aromatic N) is 2. The third-order valence-corrected chi connectivity index (χ3v) is 4.07. The Kier molecular flexibility index (Phi) is 3.31. The highest BCUT2D eigenvalue weighted by Crippen LogP contribution is 2.38. The summed E-state index contributed by atoms with van der Waals surface area (Å²) in [5.74, 6) is 0.830. The van der Waals surface area contributed by atoms with Crippen molar-refractivity contribution in [1.82, 2.24) is 4.90 Å². The minimum atomic E-state index is 0.0110. The van der Waals surface area contributed by atoms with E-state index in [1.807, 2.05) is 0 Å². The lowest BCUT2D eigenvalue weighted by Crippen LogP contribution is -2.41. The molecule has 1 aliphatic carbocycles. The first-order chi connectivity index (χ1) is 7.24. The van der Waals surface area contributed by atoms with Gasteiger partial charge >= 0.3 is 0 Å². The average Bonchev–Trinajstić information content (AvgIpc) is 2.67. The first-order valence-corrected chi connectivity index (χ1v) is 6.38. The number of nitriles is 1. The van der Waals surface area contributed by atoms with Crippen LogP contribution < -0.4 is 0 Å². The summed E-state index contributed by atoms with van der Waals surface area (Å²) in [6, 6.07) is 2.60. The first-order valence-electron chi connectivity index (χ1n) is 6.38. The average molecular weight is 206 g/mol. The predicted octanol–water partition coefficient (Wildman–Crippen LogP) is 2.80. The second-order valence-electron chi connectivity index (χ2n) is 5.58.